The monoisotopic (exact) mass is 563 g/mol. The highest BCUT2D eigenvalue weighted by molar-refractivity contribution is 6.40. The van der Waals surface area contributed by atoms with Gasteiger partial charge in [-0.1, -0.05) is 23.2 Å². The number of Topliss-reactive ketones (excluding diaryl/α,β-unsaturated/α-hetero) is 1. The maximum atomic E-state index is 14.0. The molecule has 1 N–H and O–H groups in total. The van der Waals surface area contributed by atoms with Crippen molar-refractivity contribution in [2.75, 3.05) is 38.3 Å². The molecule has 1 aliphatic carbocycles. The highest BCUT2D eigenvalue weighted by atomic mass is 35.5. The molecule has 0 bridgehead atoms. The Bertz CT molecular complexity index is 1100. The van der Waals surface area contributed by atoms with E-state index in [9.17, 15) is 9.59 Å². The number of methoxy groups -OCH3 is 1. The topological polar surface area (TPSA) is 92.2 Å². The van der Waals surface area contributed by atoms with Crippen LogP contribution in [0.1, 0.15) is 61.7 Å². The molecule has 8 nitrogen and oxygen atoms in total. The zero-order valence-electron chi connectivity index (χ0n) is 21.7. The van der Waals surface area contributed by atoms with Crippen molar-refractivity contribution in [3.8, 4) is 11.5 Å². The van der Waals surface area contributed by atoms with Gasteiger partial charge < -0.3 is 24.4 Å². The lowest BCUT2D eigenvalue weighted by Crippen LogP contribution is -2.48. The van der Waals surface area contributed by atoms with Gasteiger partial charge in [0.2, 0.25) is 0 Å². The number of likely N-dealkylation sites (tertiary alicyclic amines) is 1. The Morgan fingerprint density at radius 1 is 1.08 bits per heavy atom. The summed E-state index contributed by atoms with van der Waals surface area (Å²) in [5.41, 5.74) is 0.919. The number of pyridine rings is 1. The van der Waals surface area contributed by atoms with Crippen LogP contribution in [0.4, 0.5) is 5.69 Å². The molecular weight excluding hydrogens is 529 g/mol. The van der Waals surface area contributed by atoms with Crippen LogP contribution in [0.25, 0.3) is 0 Å². The Kier molecular flexibility index (Phi) is 10.2. The highest BCUT2D eigenvalue weighted by Crippen LogP contribution is 2.38. The number of aliphatic hydroxyl groups excluding tert-OH is 1. The van der Waals surface area contributed by atoms with Crippen molar-refractivity contribution in [2.24, 2.45) is 0 Å². The van der Waals surface area contributed by atoms with Crippen LogP contribution in [-0.4, -0.2) is 72.2 Å². The number of carbonyl (C=O) groups is 2. The van der Waals surface area contributed by atoms with E-state index in [4.69, 9.17) is 37.8 Å². The van der Waals surface area contributed by atoms with Gasteiger partial charge in [-0.2, -0.15) is 0 Å². The third-order valence-electron chi connectivity index (χ3n) is 7.34. The maximum Gasteiger partial charge on any atom is 0.261 e. The quantitative estimate of drug-likeness (QED) is 0.403. The van der Waals surface area contributed by atoms with E-state index < -0.39 is 6.61 Å². The average molecular weight is 565 g/mol. The summed E-state index contributed by atoms with van der Waals surface area (Å²) in [5.74, 6) is 0.817. The summed E-state index contributed by atoms with van der Waals surface area (Å²) in [4.78, 5) is 33.6. The standard InChI is InChI=1S/C28H35Cl2N3O5/c1-37-25-9-8-20(15-26(25)38-22-6-2-3-7-22)33(28(36)27-23(29)16-31-17-24(27)30)19-10-13-32(14-11-19)12-4-5-21(35)18-34/h8-9,15-17,19,22,34H,2-7,10-14,18H2,1H3. The number of hydrogen-bond donors (Lipinski definition) is 1. The normalized spacial score (nSPS) is 16.9. The summed E-state index contributed by atoms with van der Waals surface area (Å²) in [7, 11) is 1.61. The molecule has 4 rings (SSSR count). The fraction of sp³-hybridized carbons (Fsp3) is 0.536. The predicted octanol–water partition coefficient (Wildman–Crippen LogP) is 5.17. The molecule has 38 heavy (non-hydrogen) atoms. The Labute approximate surface area is 233 Å². The van der Waals surface area contributed by atoms with Gasteiger partial charge in [0, 0.05) is 49.7 Å². The van der Waals surface area contributed by atoms with Crippen molar-refractivity contribution in [3.05, 3.63) is 46.2 Å². The van der Waals surface area contributed by atoms with Crippen LogP contribution in [0.3, 0.4) is 0 Å². The molecular formula is C28H35Cl2N3O5. The smallest absolute Gasteiger partial charge is 0.261 e. The van der Waals surface area contributed by atoms with Crippen molar-refractivity contribution >= 4 is 40.6 Å². The van der Waals surface area contributed by atoms with Gasteiger partial charge in [-0.15, -0.1) is 0 Å². The maximum absolute atomic E-state index is 14.0. The first kappa shape index (κ1) is 28.6. The molecule has 206 valence electrons. The van der Waals surface area contributed by atoms with Gasteiger partial charge in [0.15, 0.2) is 17.3 Å². The number of halogens is 2. The number of aliphatic hydroxyl groups is 1. The second-order valence-electron chi connectivity index (χ2n) is 9.89. The Morgan fingerprint density at radius 3 is 2.39 bits per heavy atom. The number of nitrogens with zero attached hydrogens (tertiary/aromatic N) is 3. The zero-order valence-corrected chi connectivity index (χ0v) is 23.2. The molecule has 1 aromatic heterocycles. The SMILES string of the molecule is COc1ccc(N(C(=O)c2c(Cl)cncc2Cl)C2CCN(CCCC(=O)CO)CC2)cc1OC1CCCC1. The first-order valence-electron chi connectivity index (χ1n) is 13.2. The van der Waals surface area contributed by atoms with Gasteiger partial charge in [0.1, 0.15) is 6.61 Å². The number of amides is 1. The van der Waals surface area contributed by atoms with E-state index in [-0.39, 0.29) is 39.4 Å². The molecule has 0 radical (unpaired) electrons. The highest BCUT2D eigenvalue weighted by Gasteiger charge is 2.33. The van der Waals surface area contributed by atoms with Crippen LogP contribution in [0.2, 0.25) is 10.0 Å². The third kappa shape index (κ3) is 6.97. The molecule has 1 saturated carbocycles. The molecule has 1 aromatic carbocycles. The second-order valence-corrected chi connectivity index (χ2v) is 10.7. The largest absolute Gasteiger partial charge is 0.493 e. The molecule has 0 spiro atoms. The van der Waals surface area contributed by atoms with Gasteiger partial charge in [-0.3, -0.25) is 14.6 Å². The van der Waals surface area contributed by atoms with E-state index in [2.05, 4.69) is 9.88 Å². The van der Waals surface area contributed by atoms with Crippen LogP contribution in [-0.2, 0) is 4.79 Å². The molecule has 2 fully saturated rings. The van der Waals surface area contributed by atoms with Gasteiger partial charge >= 0.3 is 0 Å². The van der Waals surface area contributed by atoms with Gasteiger partial charge in [-0.25, -0.2) is 0 Å². The number of rotatable bonds is 11. The van der Waals surface area contributed by atoms with Crippen molar-refractivity contribution in [3.63, 3.8) is 0 Å². The van der Waals surface area contributed by atoms with Gasteiger partial charge in [-0.05, 0) is 63.6 Å². The number of aromatic nitrogens is 1. The summed E-state index contributed by atoms with van der Waals surface area (Å²) in [5, 5.41) is 9.36. The fourth-order valence-corrected chi connectivity index (χ4v) is 5.83. The first-order valence-corrected chi connectivity index (χ1v) is 14.0. The minimum atomic E-state index is -0.409. The van der Waals surface area contributed by atoms with E-state index in [0.717, 1.165) is 58.2 Å². The number of benzene rings is 1. The number of ketones is 1. The van der Waals surface area contributed by atoms with Gasteiger partial charge in [0.25, 0.3) is 5.91 Å². The molecule has 2 aromatic rings. The van der Waals surface area contributed by atoms with Crippen LogP contribution < -0.4 is 14.4 Å². The Balaban J connectivity index is 1.59. The lowest BCUT2D eigenvalue weighted by atomic mass is 10.00. The number of hydrogen-bond acceptors (Lipinski definition) is 7. The van der Waals surface area contributed by atoms with Crippen LogP contribution in [0, 0.1) is 0 Å². The van der Waals surface area contributed by atoms with E-state index in [1.165, 1.54) is 12.4 Å². The number of anilines is 1. The van der Waals surface area contributed by atoms with Crippen LogP contribution in [0.15, 0.2) is 30.6 Å². The predicted molar refractivity (Wildman–Crippen MR) is 148 cm³/mol. The van der Waals surface area contributed by atoms with Crippen molar-refractivity contribution < 1.29 is 24.2 Å². The molecule has 2 aliphatic rings. The second kappa shape index (κ2) is 13.6. The fourth-order valence-electron chi connectivity index (χ4n) is 5.30. The van der Waals surface area contributed by atoms with Crippen molar-refractivity contribution in [2.45, 2.75) is 63.5 Å². The zero-order chi connectivity index (χ0) is 27.1. The summed E-state index contributed by atoms with van der Waals surface area (Å²) in [6.07, 6.45) is 9.83. The Morgan fingerprint density at radius 2 is 1.76 bits per heavy atom. The third-order valence-corrected chi connectivity index (χ3v) is 7.91. The first-order chi connectivity index (χ1) is 18.4. The molecule has 10 heteroatoms. The lowest BCUT2D eigenvalue weighted by Gasteiger charge is -2.39. The lowest BCUT2D eigenvalue weighted by molar-refractivity contribution is -0.121. The average Bonchev–Trinajstić information content (AvgIpc) is 3.43. The molecule has 2 heterocycles. The van der Waals surface area contributed by atoms with E-state index in [1.807, 2.05) is 18.2 Å². The summed E-state index contributed by atoms with van der Waals surface area (Å²) in [6, 6.07) is 5.49. The van der Waals surface area contributed by atoms with Crippen LogP contribution >= 0.6 is 23.2 Å². The van der Waals surface area contributed by atoms with Gasteiger partial charge in [0.05, 0.1) is 28.8 Å². The molecule has 0 atom stereocenters. The van der Waals surface area contributed by atoms with E-state index >= 15 is 0 Å². The van der Waals surface area contributed by atoms with Crippen molar-refractivity contribution in [1.29, 1.82) is 0 Å². The van der Waals surface area contributed by atoms with E-state index in [0.29, 0.717) is 30.0 Å². The molecule has 1 amide bonds. The molecule has 0 unspecified atom stereocenters. The number of ether oxygens (including phenoxy) is 2. The summed E-state index contributed by atoms with van der Waals surface area (Å²) < 4.78 is 11.9. The van der Waals surface area contributed by atoms with Crippen LogP contribution in [0.5, 0.6) is 11.5 Å². The minimum absolute atomic E-state index is 0.0918. The molecule has 1 aliphatic heterocycles. The van der Waals surface area contributed by atoms with E-state index in [1.54, 1.807) is 12.0 Å². The molecule has 1 saturated heterocycles. The number of piperidine rings is 1. The summed E-state index contributed by atoms with van der Waals surface area (Å²) >= 11 is 12.8. The minimum Gasteiger partial charge on any atom is -0.493 e. The Hall–Kier alpha value is -2.39. The van der Waals surface area contributed by atoms with Crippen molar-refractivity contribution in [1.82, 2.24) is 9.88 Å². The summed E-state index contributed by atoms with van der Waals surface area (Å²) in [6.45, 7) is 1.92. The number of carbonyl (C=O) groups excluding carboxylic acids is 2.